The van der Waals surface area contributed by atoms with Gasteiger partial charge in [-0.05, 0) is 12.1 Å². The SMILES string of the molecule is NCCn1ccnc1-c1ccc(F)cc1F. The van der Waals surface area contributed by atoms with Crippen LogP contribution in [0.1, 0.15) is 0 Å². The molecular formula is C11H11F2N3. The van der Waals surface area contributed by atoms with E-state index in [9.17, 15) is 8.78 Å². The van der Waals surface area contributed by atoms with Crippen LogP contribution in [0.3, 0.4) is 0 Å². The topological polar surface area (TPSA) is 43.8 Å². The number of halogens is 2. The molecule has 0 aliphatic carbocycles. The van der Waals surface area contributed by atoms with E-state index in [1.54, 1.807) is 17.0 Å². The molecule has 5 heteroatoms. The first-order chi connectivity index (χ1) is 7.72. The molecule has 2 rings (SSSR count). The van der Waals surface area contributed by atoms with Gasteiger partial charge in [0.15, 0.2) is 0 Å². The maximum atomic E-state index is 13.5. The Kier molecular flexibility index (Phi) is 2.96. The third-order valence-corrected chi connectivity index (χ3v) is 2.26. The summed E-state index contributed by atoms with van der Waals surface area (Å²) in [6, 6.07) is 3.43. The van der Waals surface area contributed by atoms with Crippen molar-refractivity contribution < 1.29 is 8.78 Å². The highest BCUT2D eigenvalue weighted by molar-refractivity contribution is 5.56. The molecule has 1 aromatic heterocycles. The van der Waals surface area contributed by atoms with Gasteiger partial charge in [0.1, 0.15) is 17.5 Å². The lowest BCUT2D eigenvalue weighted by molar-refractivity contribution is 0.583. The minimum atomic E-state index is -0.621. The number of benzene rings is 1. The maximum Gasteiger partial charge on any atom is 0.142 e. The number of imidazole rings is 1. The van der Waals surface area contributed by atoms with E-state index in [-0.39, 0.29) is 5.56 Å². The van der Waals surface area contributed by atoms with Crippen LogP contribution < -0.4 is 5.73 Å². The van der Waals surface area contributed by atoms with Crippen molar-refractivity contribution in [2.75, 3.05) is 6.54 Å². The standard InChI is InChI=1S/C11H11F2N3/c12-8-1-2-9(10(13)7-8)11-15-4-6-16(11)5-3-14/h1-2,4,6-7H,3,5,14H2. The molecule has 0 unspecified atom stereocenters. The highest BCUT2D eigenvalue weighted by Crippen LogP contribution is 2.21. The van der Waals surface area contributed by atoms with Gasteiger partial charge in [-0.25, -0.2) is 13.8 Å². The summed E-state index contributed by atoms with van der Waals surface area (Å²) < 4.78 is 28.0. The van der Waals surface area contributed by atoms with Gasteiger partial charge in [0.25, 0.3) is 0 Å². The summed E-state index contributed by atoms with van der Waals surface area (Å²) in [4.78, 5) is 4.04. The van der Waals surface area contributed by atoms with Crippen LogP contribution >= 0.6 is 0 Å². The van der Waals surface area contributed by atoms with Crippen LogP contribution in [0, 0.1) is 11.6 Å². The zero-order valence-electron chi connectivity index (χ0n) is 8.53. The predicted octanol–water partition coefficient (Wildman–Crippen LogP) is 1.79. The Balaban J connectivity index is 2.46. The van der Waals surface area contributed by atoms with E-state index in [1.807, 2.05) is 0 Å². The second-order valence-corrected chi connectivity index (χ2v) is 3.36. The number of rotatable bonds is 3. The van der Waals surface area contributed by atoms with Crippen LogP contribution in [0.4, 0.5) is 8.78 Å². The van der Waals surface area contributed by atoms with E-state index in [2.05, 4.69) is 4.98 Å². The molecule has 3 nitrogen and oxygen atoms in total. The molecule has 84 valence electrons. The van der Waals surface area contributed by atoms with E-state index < -0.39 is 11.6 Å². The molecule has 2 aromatic rings. The summed E-state index contributed by atoms with van der Waals surface area (Å²) in [5.74, 6) is -0.759. The largest absolute Gasteiger partial charge is 0.330 e. The fraction of sp³-hybridized carbons (Fsp3) is 0.182. The Labute approximate surface area is 91.5 Å². The van der Waals surface area contributed by atoms with Crippen LogP contribution in [0.2, 0.25) is 0 Å². The number of hydrogen-bond donors (Lipinski definition) is 1. The first-order valence-corrected chi connectivity index (χ1v) is 4.89. The van der Waals surface area contributed by atoms with E-state index in [0.717, 1.165) is 6.07 Å². The molecule has 2 N–H and O–H groups in total. The first-order valence-electron chi connectivity index (χ1n) is 4.89. The molecule has 0 amide bonds. The number of aromatic nitrogens is 2. The van der Waals surface area contributed by atoms with Crippen molar-refractivity contribution >= 4 is 0 Å². The van der Waals surface area contributed by atoms with Crippen molar-refractivity contribution in [2.24, 2.45) is 5.73 Å². The summed E-state index contributed by atoms with van der Waals surface area (Å²) in [5.41, 5.74) is 5.70. The molecule has 0 spiro atoms. The molecule has 0 atom stereocenters. The second-order valence-electron chi connectivity index (χ2n) is 3.36. The molecule has 0 saturated heterocycles. The Hall–Kier alpha value is -1.75. The fourth-order valence-electron chi connectivity index (χ4n) is 1.54. The highest BCUT2D eigenvalue weighted by atomic mass is 19.1. The van der Waals surface area contributed by atoms with E-state index in [1.165, 1.54) is 12.1 Å². The first kappa shape index (κ1) is 10.8. The molecule has 1 heterocycles. The summed E-state index contributed by atoms with van der Waals surface area (Å²) >= 11 is 0. The van der Waals surface area contributed by atoms with Crippen LogP contribution in [-0.2, 0) is 6.54 Å². The van der Waals surface area contributed by atoms with Gasteiger partial charge in [0.2, 0.25) is 0 Å². The molecule has 0 aliphatic heterocycles. The minimum Gasteiger partial charge on any atom is -0.330 e. The molecule has 0 aliphatic rings. The van der Waals surface area contributed by atoms with E-state index in [0.29, 0.717) is 18.9 Å². The van der Waals surface area contributed by atoms with Crippen LogP contribution in [-0.4, -0.2) is 16.1 Å². The van der Waals surface area contributed by atoms with Gasteiger partial charge in [-0.3, -0.25) is 0 Å². The van der Waals surface area contributed by atoms with Gasteiger partial charge in [-0.1, -0.05) is 0 Å². The third kappa shape index (κ3) is 1.94. The lowest BCUT2D eigenvalue weighted by atomic mass is 10.2. The smallest absolute Gasteiger partial charge is 0.142 e. The number of nitrogens with two attached hydrogens (primary N) is 1. The van der Waals surface area contributed by atoms with Gasteiger partial charge in [-0.2, -0.15) is 0 Å². The molecule has 0 bridgehead atoms. The zero-order valence-corrected chi connectivity index (χ0v) is 8.53. The fourth-order valence-corrected chi connectivity index (χ4v) is 1.54. The molecule has 0 radical (unpaired) electrons. The summed E-state index contributed by atoms with van der Waals surface area (Å²) in [7, 11) is 0. The lowest BCUT2D eigenvalue weighted by Gasteiger charge is -2.06. The highest BCUT2D eigenvalue weighted by Gasteiger charge is 2.11. The quantitative estimate of drug-likeness (QED) is 0.862. The van der Waals surface area contributed by atoms with Gasteiger partial charge in [0, 0.05) is 31.5 Å². The van der Waals surface area contributed by atoms with Crippen molar-refractivity contribution in [3.8, 4) is 11.4 Å². The monoisotopic (exact) mass is 223 g/mol. The van der Waals surface area contributed by atoms with Gasteiger partial charge >= 0.3 is 0 Å². The normalized spacial score (nSPS) is 10.7. The van der Waals surface area contributed by atoms with Crippen molar-refractivity contribution in [3.63, 3.8) is 0 Å². The van der Waals surface area contributed by atoms with Crippen molar-refractivity contribution in [1.82, 2.24) is 9.55 Å². The Morgan fingerprint density at radius 2 is 2.12 bits per heavy atom. The molecule has 0 fully saturated rings. The lowest BCUT2D eigenvalue weighted by Crippen LogP contribution is -2.10. The maximum absolute atomic E-state index is 13.5. The van der Waals surface area contributed by atoms with Crippen molar-refractivity contribution in [3.05, 3.63) is 42.2 Å². The Morgan fingerprint density at radius 3 is 2.81 bits per heavy atom. The van der Waals surface area contributed by atoms with E-state index >= 15 is 0 Å². The van der Waals surface area contributed by atoms with Gasteiger partial charge < -0.3 is 10.3 Å². The minimum absolute atomic E-state index is 0.278. The molecule has 1 aromatic carbocycles. The predicted molar refractivity (Wildman–Crippen MR) is 56.6 cm³/mol. The van der Waals surface area contributed by atoms with E-state index in [4.69, 9.17) is 5.73 Å². The zero-order chi connectivity index (χ0) is 11.5. The van der Waals surface area contributed by atoms with Crippen molar-refractivity contribution in [2.45, 2.75) is 6.54 Å². The Morgan fingerprint density at radius 1 is 1.31 bits per heavy atom. The molecule has 0 saturated carbocycles. The Bertz CT molecular complexity index is 494. The average molecular weight is 223 g/mol. The van der Waals surface area contributed by atoms with Gasteiger partial charge in [0.05, 0.1) is 5.56 Å². The number of nitrogens with zero attached hydrogens (tertiary/aromatic N) is 2. The van der Waals surface area contributed by atoms with Crippen LogP contribution in [0.5, 0.6) is 0 Å². The van der Waals surface area contributed by atoms with Crippen LogP contribution in [0.25, 0.3) is 11.4 Å². The van der Waals surface area contributed by atoms with Crippen molar-refractivity contribution in [1.29, 1.82) is 0 Å². The average Bonchev–Trinajstić information content (AvgIpc) is 2.67. The third-order valence-electron chi connectivity index (χ3n) is 2.26. The molecule has 16 heavy (non-hydrogen) atoms. The summed E-state index contributed by atoms with van der Waals surface area (Å²) in [6.45, 7) is 0.984. The summed E-state index contributed by atoms with van der Waals surface area (Å²) in [6.07, 6.45) is 3.28. The second kappa shape index (κ2) is 4.40. The summed E-state index contributed by atoms with van der Waals surface area (Å²) in [5, 5.41) is 0. The molecular weight excluding hydrogens is 212 g/mol. The number of hydrogen-bond acceptors (Lipinski definition) is 2. The van der Waals surface area contributed by atoms with Crippen LogP contribution in [0.15, 0.2) is 30.6 Å². The van der Waals surface area contributed by atoms with Gasteiger partial charge in [-0.15, -0.1) is 0 Å².